The summed E-state index contributed by atoms with van der Waals surface area (Å²) in [7, 11) is 0. The fraction of sp³-hybridized carbons (Fsp3) is 0.400. The number of nitrogens with zero attached hydrogens (tertiary/aromatic N) is 4. The molecule has 3 atom stereocenters. The second-order valence-electron chi connectivity index (χ2n) is 5.75. The fourth-order valence-electron chi connectivity index (χ4n) is 2.87. The molecular formula is C15H17N5O5. The molecule has 132 valence electrons. The largest absolute Gasteiger partial charge is 0.481 e. The Morgan fingerprint density at radius 3 is 2.88 bits per heavy atom. The number of ether oxygens (including phenoxy) is 1. The van der Waals surface area contributed by atoms with Crippen molar-refractivity contribution in [3.63, 3.8) is 0 Å². The van der Waals surface area contributed by atoms with Crippen LogP contribution in [0.4, 0.5) is 5.82 Å². The molecule has 0 bridgehead atoms. The van der Waals surface area contributed by atoms with E-state index in [1.807, 2.05) is 0 Å². The van der Waals surface area contributed by atoms with Crippen LogP contribution in [-0.2, 0) is 11.3 Å². The minimum atomic E-state index is -0.737. The normalized spacial score (nSPS) is 23.4. The predicted octanol–water partition coefficient (Wildman–Crippen LogP) is 0.378. The van der Waals surface area contributed by atoms with Gasteiger partial charge in [-0.05, 0) is 6.07 Å². The Hall–Kier alpha value is -2.69. The summed E-state index contributed by atoms with van der Waals surface area (Å²) in [5.41, 5.74) is 1.10. The SMILES string of the molecule is OC[C@H]1OC(n2cnc3c(NCc4ccc(O)o4)ncnc32)C[C@@H]1O. The van der Waals surface area contributed by atoms with Gasteiger partial charge in [0, 0.05) is 12.5 Å². The number of hydrogen-bond donors (Lipinski definition) is 4. The molecule has 10 heteroatoms. The summed E-state index contributed by atoms with van der Waals surface area (Å²) in [6, 6.07) is 3.11. The lowest BCUT2D eigenvalue weighted by Gasteiger charge is -2.13. The summed E-state index contributed by atoms with van der Waals surface area (Å²) in [4.78, 5) is 12.8. The molecule has 0 aliphatic carbocycles. The molecule has 10 nitrogen and oxygen atoms in total. The van der Waals surface area contributed by atoms with E-state index < -0.39 is 18.4 Å². The van der Waals surface area contributed by atoms with Gasteiger partial charge in [0.1, 0.15) is 24.4 Å². The lowest BCUT2D eigenvalue weighted by atomic mass is 10.2. The van der Waals surface area contributed by atoms with Gasteiger partial charge >= 0.3 is 0 Å². The van der Waals surface area contributed by atoms with Gasteiger partial charge in [0.15, 0.2) is 17.0 Å². The van der Waals surface area contributed by atoms with Crippen molar-refractivity contribution in [1.82, 2.24) is 19.5 Å². The molecule has 25 heavy (non-hydrogen) atoms. The molecular weight excluding hydrogens is 330 g/mol. The van der Waals surface area contributed by atoms with Gasteiger partial charge in [-0.25, -0.2) is 15.0 Å². The van der Waals surface area contributed by atoms with E-state index in [0.29, 0.717) is 35.7 Å². The standard InChI is InChI=1S/C15H17N5O5/c21-5-10-9(22)3-11(25-10)20-7-19-13-14(17-6-18-15(13)20)16-4-8-1-2-12(23)24-8/h1-2,6-7,9-11,21-23H,3-5H2,(H,16,17,18)/t9-,10+,11?/m0/s1. The molecule has 0 radical (unpaired) electrons. The van der Waals surface area contributed by atoms with Crippen LogP contribution in [-0.4, -0.2) is 53.7 Å². The summed E-state index contributed by atoms with van der Waals surface area (Å²) in [6.07, 6.45) is 1.50. The van der Waals surface area contributed by atoms with E-state index in [2.05, 4.69) is 20.3 Å². The molecule has 1 unspecified atom stereocenters. The zero-order chi connectivity index (χ0) is 17.4. The Morgan fingerprint density at radius 2 is 2.16 bits per heavy atom. The molecule has 1 aliphatic rings. The molecule has 0 amide bonds. The van der Waals surface area contributed by atoms with Crippen LogP contribution in [0.3, 0.4) is 0 Å². The monoisotopic (exact) mass is 347 g/mol. The number of imidazole rings is 1. The number of furan rings is 1. The minimum Gasteiger partial charge on any atom is -0.481 e. The van der Waals surface area contributed by atoms with Crippen LogP contribution in [0.15, 0.2) is 29.2 Å². The molecule has 3 aromatic heterocycles. The van der Waals surface area contributed by atoms with Crippen molar-refractivity contribution < 1.29 is 24.5 Å². The molecule has 1 saturated heterocycles. The van der Waals surface area contributed by atoms with E-state index in [1.54, 1.807) is 17.0 Å². The fourth-order valence-corrected chi connectivity index (χ4v) is 2.87. The molecule has 3 aromatic rings. The molecule has 1 fully saturated rings. The highest BCUT2D eigenvalue weighted by atomic mass is 16.5. The van der Waals surface area contributed by atoms with Crippen LogP contribution >= 0.6 is 0 Å². The lowest BCUT2D eigenvalue weighted by Crippen LogP contribution is -2.24. The molecule has 4 heterocycles. The highest BCUT2D eigenvalue weighted by Gasteiger charge is 2.35. The lowest BCUT2D eigenvalue weighted by molar-refractivity contribution is -0.0432. The molecule has 0 saturated carbocycles. The Balaban J connectivity index is 1.58. The molecule has 4 N–H and O–H groups in total. The highest BCUT2D eigenvalue weighted by molar-refractivity contribution is 5.82. The van der Waals surface area contributed by atoms with Crippen LogP contribution in [0.1, 0.15) is 18.4 Å². The summed E-state index contributed by atoms with van der Waals surface area (Å²) >= 11 is 0. The van der Waals surface area contributed by atoms with Crippen molar-refractivity contribution in [3.8, 4) is 5.95 Å². The van der Waals surface area contributed by atoms with Crippen LogP contribution in [0.2, 0.25) is 0 Å². The van der Waals surface area contributed by atoms with E-state index in [-0.39, 0.29) is 12.6 Å². The number of fused-ring (bicyclic) bond motifs is 1. The maximum absolute atomic E-state index is 9.90. The maximum Gasteiger partial charge on any atom is 0.282 e. The Kier molecular flexibility index (Phi) is 3.99. The van der Waals surface area contributed by atoms with Crippen molar-refractivity contribution in [2.24, 2.45) is 0 Å². The van der Waals surface area contributed by atoms with Gasteiger partial charge in [-0.2, -0.15) is 0 Å². The molecule has 0 aromatic carbocycles. The van der Waals surface area contributed by atoms with Crippen molar-refractivity contribution in [2.45, 2.75) is 31.4 Å². The van der Waals surface area contributed by atoms with Crippen molar-refractivity contribution in [2.75, 3.05) is 11.9 Å². The zero-order valence-corrected chi connectivity index (χ0v) is 13.1. The van der Waals surface area contributed by atoms with Crippen LogP contribution < -0.4 is 5.32 Å². The first-order valence-electron chi connectivity index (χ1n) is 7.79. The summed E-state index contributed by atoms with van der Waals surface area (Å²) < 4.78 is 12.4. The molecule has 0 spiro atoms. The Bertz CT molecular complexity index is 878. The average molecular weight is 347 g/mol. The van der Waals surface area contributed by atoms with Gasteiger partial charge in [-0.15, -0.1) is 0 Å². The molecule has 1 aliphatic heterocycles. The van der Waals surface area contributed by atoms with Crippen molar-refractivity contribution in [1.29, 1.82) is 0 Å². The Labute approximate surface area is 141 Å². The topological polar surface area (TPSA) is 139 Å². The third-order valence-electron chi connectivity index (χ3n) is 4.13. The van der Waals surface area contributed by atoms with Crippen LogP contribution in [0.5, 0.6) is 5.95 Å². The quantitative estimate of drug-likeness (QED) is 0.515. The Morgan fingerprint density at radius 1 is 1.28 bits per heavy atom. The van der Waals surface area contributed by atoms with Crippen molar-refractivity contribution in [3.05, 3.63) is 30.5 Å². The van der Waals surface area contributed by atoms with Gasteiger partial charge in [0.25, 0.3) is 5.95 Å². The van der Waals surface area contributed by atoms with Gasteiger partial charge in [0.2, 0.25) is 0 Å². The maximum atomic E-state index is 9.90. The minimum absolute atomic E-state index is 0.149. The van der Waals surface area contributed by atoms with E-state index in [4.69, 9.17) is 9.15 Å². The smallest absolute Gasteiger partial charge is 0.282 e. The van der Waals surface area contributed by atoms with Gasteiger partial charge in [0.05, 0.1) is 25.6 Å². The molecule has 4 rings (SSSR count). The van der Waals surface area contributed by atoms with Gasteiger partial charge in [-0.3, -0.25) is 4.57 Å². The summed E-state index contributed by atoms with van der Waals surface area (Å²) in [5, 5.41) is 31.4. The number of aromatic nitrogens is 4. The van der Waals surface area contributed by atoms with E-state index in [0.717, 1.165) is 0 Å². The second-order valence-corrected chi connectivity index (χ2v) is 5.75. The number of aliphatic hydroxyl groups is 2. The first-order chi connectivity index (χ1) is 12.2. The number of rotatable bonds is 5. The zero-order valence-electron chi connectivity index (χ0n) is 13.1. The number of aliphatic hydroxyl groups excluding tert-OH is 2. The van der Waals surface area contributed by atoms with Crippen molar-refractivity contribution >= 4 is 17.0 Å². The van der Waals surface area contributed by atoms with Crippen LogP contribution in [0.25, 0.3) is 11.2 Å². The number of nitrogens with one attached hydrogen (secondary N) is 1. The number of hydrogen-bond acceptors (Lipinski definition) is 9. The number of anilines is 1. The first kappa shape index (κ1) is 15.8. The number of aromatic hydroxyl groups is 1. The second kappa shape index (κ2) is 6.31. The highest BCUT2D eigenvalue weighted by Crippen LogP contribution is 2.31. The van der Waals surface area contributed by atoms with Gasteiger partial charge in [-0.1, -0.05) is 0 Å². The van der Waals surface area contributed by atoms with Gasteiger partial charge < -0.3 is 29.8 Å². The van der Waals surface area contributed by atoms with E-state index >= 15 is 0 Å². The average Bonchev–Trinajstić information content (AvgIpc) is 3.31. The van der Waals surface area contributed by atoms with Crippen LogP contribution in [0, 0.1) is 0 Å². The van der Waals surface area contributed by atoms with E-state index in [1.165, 1.54) is 12.4 Å². The predicted molar refractivity (Wildman–Crippen MR) is 84.6 cm³/mol. The summed E-state index contributed by atoms with van der Waals surface area (Å²) in [6.45, 7) is 0.0762. The third-order valence-corrected chi connectivity index (χ3v) is 4.13. The first-order valence-corrected chi connectivity index (χ1v) is 7.79. The summed E-state index contributed by atoms with van der Waals surface area (Å²) in [5.74, 6) is 0.915. The third kappa shape index (κ3) is 2.90. The van der Waals surface area contributed by atoms with E-state index in [9.17, 15) is 15.3 Å².